The normalized spacial score (nSPS) is 12.9. The van der Waals surface area contributed by atoms with Gasteiger partial charge in [0.2, 0.25) is 0 Å². The molecule has 1 aromatic carbocycles. The van der Waals surface area contributed by atoms with Crippen LogP contribution in [0.3, 0.4) is 0 Å². The molecule has 37 heavy (non-hydrogen) atoms. The molecule has 0 radical (unpaired) electrons. The first-order chi connectivity index (χ1) is 17.6. The molecule has 6 nitrogen and oxygen atoms in total. The maximum Gasteiger partial charge on any atom is 0.433 e. The number of hydrogen-bond donors (Lipinski definition) is 5. The molecular weight excluding hydrogens is 477 g/mol. The predicted molar refractivity (Wildman–Crippen MR) is 144 cm³/mol. The molecule has 202 valence electrons. The Morgan fingerprint density at radius 1 is 0.919 bits per heavy atom. The Bertz CT molecular complexity index is 989. The summed E-state index contributed by atoms with van der Waals surface area (Å²) < 4.78 is 38.3. The summed E-state index contributed by atoms with van der Waals surface area (Å²) in [6.07, 6.45) is 0.151. The number of nitrogens with two attached hydrogens (primary N) is 2. The molecule has 0 aliphatic carbocycles. The van der Waals surface area contributed by atoms with Gasteiger partial charge in [-0.1, -0.05) is 62.6 Å². The minimum atomic E-state index is -4.46. The van der Waals surface area contributed by atoms with Crippen molar-refractivity contribution in [1.82, 2.24) is 20.9 Å². The summed E-state index contributed by atoms with van der Waals surface area (Å²) in [6.45, 7) is 14.3. The van der Waals surface area contributed by atoms with E-state index in [2.05, 4.69) is 52.8 Å². The molecule has 2 aromatic rings. The third-order valence-electron chi connectivity index (χ3n) is 6.04. The van der Waals surface area contributed by atoms with Gasteiger partial charge in [-0.25, -0.2) is 0 Å². The van der Waals surface area contributed by atoms with Crippen LogP contribution in [0.15, 0.2) is 85.5 Å². The average Bonchev–Trinajstić information content (AvgIpc) is 2.88. The largest absolute Gasteiger partial charge is 0.433 e. The van der Waals surface area contributed by atoms with Crippen LogP contribution in [-0.4, -0.2) is 30.7 Å². The summed E-state index contributed by atoms with van der Waals surface area (Å²) in [5.74, 6) is 0.0563. The molecule has 2 unspecified atom stereocenters. The standard InChI is InChI=1S/C28H39F3N6/c1-20(16-33)37-26(15-23-9-5-4-6-10-23)22(3)35-19-25(11-7-8-14-32)21(2)34-17-24-12-13-27(36-18-24)28(29,30)31/h4-6,9-10,12-13,18,25-26,34-35,37H,1-3,7-8,11,14-17,19,32-33H2. The zero-order valence-electron chi connectivity index (χ0n) is 21.3. The molecule has 0 aliphatic heterocycles. The monoisotopic (exact) mass is 516 g/mol. The fourth-order valence-electron chi connectivity index (χ4n) is 3.79. The van der Waals surface area contributed by atoms with Crippen LogP contribution < -0.4 is 27.4 Å². The minimum absolute atomic E-state index is 0.0563. The van der Waals surface area contributed by atoms with Crippen molar-refractivity contribution in [3.8, 4) is 0 Å². The second kappa shape index (κ2) is 15.1. The molecular formula is C28H39F3N6. The Morgan fingerprint density at radius 2 is 1.65 bits per heavy atom. The number of pyridine rings is 1. The lowest BCUT2D eigenvalue weighted by atomic mass is 9.97. The number of hydrogen-bond acceptors (Lipinski definition) is 6. The molecule has 7 N–H and O–H groups in total. The lowest BCUT2D eigenvalue weighted by Crippen LogP contribution is -2.40. The Balaban J connectivity index is 2.01. The molecule has 0 amide bonds. The molecule has 1 heterocycles. The number of unbranched alkanes of at least 4 members (excludes halogenated alkanes) is 1. The van der Waals surface area contributed by atoms with E-state index >= 15 is 0 Å². The van der Waals surface area contributed by atoms with Crippen molar-refractivity contribution in [2.24, 2.45) is 17.4 Å². The van der Waals surface area contributed by atoms with Gasteiger partial charge in [0, 0.05) is 48.8 Å². The Kier molecular flexibility index (Phi) is 12.2. The number of nitrogens with one attached hydrogen (secondary N) is 3. The highest BCUT2D eigenvalue weighted by atomic mass is 19.4. The highest BCUT2D eigenvalue weighted by molar-refractivity contribution is 5.21. The summed E-state index contributed by atoms with van der Waals surface area (Å²) in [4.78, 5) is 3.52. The second-order valence-electron chi connectivity index (χ2n) is 9.01. The molecule has 2 atom stereocenters. The first-order valence-corrected chi connectivity index (χ1v) is 12.4. The van der Waals surface area contributed by atoms with Gasteiger partial charge in [-0.05, 0) is 43.0 Å². The van der Waals surface area contributed by atoms with Gasteiger partial charge in [0.1, 0.15) is 5.69 Å². The summed E-state index contributed by atoms with van der Waals surface area (Å²) >= 11 is 0. The zero-order chi connectivity index (χ0) is 27.3. The highest BCUT2D eigenvalue weighted by Gasteiger charge is 2.32. The Hall–Kier alpha value is -3.30. The van der Waals surface area contributed by atoms with Crippen molar-refractivity contribution < 1.29 is 13.2 Å². The topological polar surface area (TPSA) is 101 Å². The van der Waals surface area contributed by atoms with E-state index in [1.165, 1.54) is 12.3 Å². The molecule has 0 spiro atoms. The number of halogens is 3. The van der Waals surface area contributed by atoms with E-state index in [9.17, 15) is 13.2 Å². The summed E-state index contributed by atoms with van der Waals surface area (Å²) in [5, 5.41) is 10.1. The van der Waals surface area contributed by atoms with Crippen molar-refractivity contribution in [3.05, 3.63) is 102 Å². The highest BCUT2D eigenvalue weighted by Crippen LogP contribution is 2.27. The van der Waals surface area contributed by atoms with Crippen molar-refractivity contribution >= 4 is 0 Å². The van der Waals surface area contributed by atoms with Gasteiger partial charge in [-0.15, -0.1) is 0 Å². The summed E-state index contributed by atoms with van der Waals surface area (Å²) in [6, 6.07) is 12.4. The minimum Gasteiger partial charge on any atom is -0.386 e. The number of nitrogens with zero attached hydrogens (tertiary/aromatic N) is 1. The quantitative estimate of drug-likeness (QED) is 0.202. The van der Waals surface area contributed by atoms with Crippen LogP contribution in [0.2, 0.25) is 0 Å². The van der Waals surface area contributed by atoms with Gasteiger partial charge in [0.05, 0.1) is 6.04 Å². The van der Waals surface area contributed by atoms with Crippen LogP contribution in [-0.2, 0) is 19.1 Å². The van der Waals surface area contributed by atoms with Crippen molar-refractivity contribution in [2.45, 2.75) is 44.4 Å². The maximum atomic E-state index is 12.8. The van der Waals surface area contributed by atoms with Crippen LogP contribution in [0.25, 0.3) is 0 Å². The van der Waals surface area contributed by atoms with E-state index in [1.54, 1.807) is 0 Å². The molecule has 0 bridgehead atoms. The second-order valence-corrected chi connectivity index (χ2v) is 9.01. The zero-order valence-corrected chi connectivity index (χ0v) is 21.3. The van der Waals surface area contributed by atoms with Crippen LogP contribution in [0.4, 0.5) is 13.2 Å². The lowest BCUT2D eigenvalue weighted by molar-refractivity contribution is -0.141. The molecule has 0 saturated heterocycles. The third-order valence-corrected chi connectivity index (χ3v) is 6.04. The summed E-state index contributed by atoms with van der Waals surface area (Å²) in [7, 11) is 0. The maximum absolute atomic E-state index is 12.8. The van der Waals surface area contributed by atoms with E-state index in [4.69, 9.17) is 11.5 Å². The average molecular weight is 517 g/mol. The van der Waals surface area contributed by atoms with Crippen LogP contribution in [0, 0.1) is 5.92 Å². The van der Waals surface area contributed by atoms with Gasteiger partial charge in [0.25, 0.3) is 0 Å². The Morgan fingerprint density at radius 3 is 2.24 bits per heavy atom. The van der Waals surface area contributed by atoms with Gasteiger partial charge >= 0.3 is 6.18 Å². The first kappa shape index (κ1) is 29.9. The van der Waals surface area contributed by atoms with Crippen molar-refractivity contribution in [1.29, 1.82) is 0 Å². The Labute approximate surface area is 218 Å². The SMILES string of the molecule is C=C(CN)NC(Cc1ccccc1)C(=C)NCC(CCCCN)C(=C)NCc1ccc(C(F)(F)F)nc1. The fourth-order valence-corrected chi connectivity index (χ4v) is 3.79. The summed E-state index contributed by atoms with van der Waals surface area (Å²) in [5.41, 5.74) is 14.6. The smallest absolute Gasteiger partial charge is 0.386 e. The number of rotatable bonds is 17. The van der Waals surface area contributed by atoms with Crippen LogP contribution in [0.5, 0.6) is 0 Å². The lowest BCUT2D eigenvalue weighted by Gasteiger charge is -2.27. The number of aromatic nitrogens is 1. The molecule has 9 heteroatoms. The number of alkyl halides is 3. The molecule has 2 rings (SSSR count). The fraction of sp³-hybridized carbons (Fsp3) is 0.393. The molecule has 0 aliphatic rings. The van der Waals surface area contributed by atoms with Gasteiger partial charge in [-0.2, -0.15) is 13.2 Å². The van der Waals surface area contributed by atoms with E-state index in [0.29, 0.717) is 38.2 Å². The van der Waals surface area contributed by atoms with E-state index in [1.807, 2.05) is 18.2 Å². The third kappa shape index (κ3) is 10.7. The van der Waals surface area contributed by atoms with Gasteiger partial charge in [-0.3, -0.25) is 4.98 Å². The van der Waals surface area contributed by atoms with E-state index in [-0.39, 0.29) is 12.0 Å². The van der Waals surface area contributed by atoms with Crippen molar-refractivity contribution in [3.63, 3.8) is 0 Å². The van der Waals surface area contributed by atoms with E-state index < -0.39 is 11.9 Å². The molecule has 1 aromatic heterocycles. The van der Waals surface area contributed by atoms with Gasteiger partial charge in [0.15, 0.2) is 0 Å². The van der Waals surface area contributed by atoms with E-state index in [0.717, 1.165) is 48.0 Å². The van der Waals surface area contributed by atoms with Gasteiger partial charge < -0.3 is 27.4 Å². The predicted octanol–water partition coefficient (Wildman–Crippen LogP) is 4.23. The first-order valence-electron chi connectivity index (χ1n) is 12.4. The molecule has 0 fully saturated rings. The van der Waals surface area contributed by atoms with Crippen LogP contribution >= 0.6 is 0 Å². The number of benzene rings is 1. The molecule has 0 saturated carbocycles. The van der Waals surface area contributed by atoms with Crippen LogP contribution in [0.1, 0.15) is 36.1 Å². The van der Waals surface area contributed by atoms with Crippen molar-refractivity contribution in [2.75, 3.05) is 19.6 Å².